The van der Waals surface area contributed by atoms with Gasteiger partial charge in [-0.2, -0.15) is 0 Å². The fourth-order valence-electron chi connectivity index (χ4n) is 3.25. The van der Waals surface area contributed by atoms with Gasteiger partial charge >= 0.3 is 12.0 Å². The second kappa shape index (κ2) is 7.84. The third-order valence-electron chi connectivity index (χ3n) is 4.34. The molecule has 8 heteroatoms. The number of urea groups is 1. The zero-order valence-electron chi connectivity index (χ0n) is 15.1. The largest absolute Gasteiger partial charge is 0.455 e. The van der Waals surface area contributed by atoms with E-state index in [1.807, 2.05) is 0 Å². The van der Waals surface area contributed by atoms with Crippen LogP contribution >= 0.6 is 0 Å². The number of hydrogen-bond acceptors (Lipinski definition) is 5. The summed E-state index contributed by atoms with van der Waals surface area (Å²) in [6.07, 6.45) is 4.32. The van der Waals surface area contributed by atoms with Crippen LogP contribution in [0.25, 0.3) is 0 Å². The van der Waals surface area contributed by atoms with Crippen molar-refractivity contribution in [3.8, 4) is 0 Å². The molecule has 25 heavy (non-hydrogen) atoms. The summed E-state index contributed by atoms with van der Waals surface area (Å²) in [6.45, 7) is 5.16. The molecule has 1 aliphatic carbocycles. The Hall–Kier alpha value is -2.12. The number of carbonyl (C=O) groups excluding carboxylic acids is 4. The number of rotatable bonds is 4. The number of ether oxygens (including phenoxy) is 1. The smallest absolute Gasteiger partial charge is 0.321 e. The lowest BCUT2D eigenvalue weighted by molar-refractivity contribution is -0.152. The van der Waals surface area contributed by atoms with E-state index in [0.717, 1.165) is 25.7 Å². The maximum Gasteiger partial charge on any atom is 0.321 e. The van der Waals surface area contributed by atoms with E-state index >= 15 is 0 Å². The van der Waals surface area contributed by atoms with Crippen molar-refractivity contribution >= 4 is 23.8 Å². The molecule has 2 aliphatic rings. The summed E-state index contributed by atoms with van der Waals surface area (Å²) in [5, 5.41) is 4.67. The van der Waals surface area contributed by atoms with E-state index in [1.165, 1.54) is 0 Å². The van der Waals surface area contributed by atoms with Crippen molar-refractivity contribution in [2.45, 2.75) is 64.5 Å². The summed E-state index contributed by atoms with van der Waals surface area (Å²) in [5.74, 6) is -1.83. The lowest BCUT2D eigenvalue weighted by Crippen LogP contribution is -2.49. The van der Waals surface area contributed by atoms with Crippen LogP contribution in [0.3, 0.4) is 0 Å². The second-order valence-electron chi connectivity index (χ2n) is 7.75. The quantitative estimate of drug-likeness (QED) is 0.732. The summed E-state index contributed by atoms with van der Waals surface area (Å²) in [7, 11) is 0. The minimum atomic E-state index is -0.702. The van der Waals surface area contributed by atoms with Crippen molar-refractivity contribution in [1.82, 2.24) is 15.5 Å². The lowest BCUT2D eigenvalue weighted by Gasteiger charge is -2.23. The topological polar surface area (TPSA) is 105 Å². The molecule has 2 N–H and O–H groups in total. The van der Waals surface area contributed by atoms with E-state index in [0.29, 0.717) is 6.54 Å². The van der Waals surface area contributed by atoms with Gasteiger partial charge in [-0.25, -0.2) is 4.79 Å². The Kier molecular flexibility index (Phi) is 6.02. The SMILES string of the molecule is CC(C)(C)NC(=O)NC(=O)COC(=O)[C@@H]1CC(=O)N(C2CCCC2)C1. The molecule has 1 atom stereocenters. The molecule has 0 aromatic carbocycles. The Morgan fingerprint density at radius 2 is 1.84 bits per heavy atom. The van der Waals surface area contributed by atoms with Gasteiger partial charge in [0.05, 0.1) is 5.92 Å². The van der Waals surface area contributed by atoms with Gasteiger partial charge in [0.25, 0.3) is 5.91 Å². The Bertz CT molecular complexity index is 549. The summed E-state index contributed by atoms with van der Waals surface area (Å²) in [5.41, 5.74) is -0.477. The zero-order chi connectivity index (χ0) is 18.6. The zero-order valence-corrected chi connectivity index (χ0v) is 15.1. The molecule has 1 heterocycles. The Morgan fingerprint density at radius 3 is 2.44 bits per heavy atom. The molecule has 0 spiro atoms. The maximum atomic E-state index is 12.1. The molecule has 1 saturated heterocycles. The first-order chi connectivity index (χ1) is 11.7. The van der Waals surface area contributed by atoms with Gasteiger partial charge in [-0.1, -0.05) is 12.8 Å². The average molecular weight is 353 g/mol. The van der Waals surface area contributed by atoms with E-state index in [1.54, 1.807) is 25.7 Å². The van der Waals surface area contributed by atoms with Crippen LogP contribution in [-0.4, -0.2) is 53.4 Å². The standard InChI is InChI=1S/C17H27N3O5/c1-17(2,3)19-16(24)18-13(21)10-25-15(23)11-8-14(22)20(9-11)12-6-4-5-7-12/h11-12H,4-10H2,1-3H3,(H2,18,19,21,24)/t11-/m1/s1. The first-order valence-electron chi connectivity index (χ1n) is 8.74. The molecule has 140 valence electrons. The van der Waals surface area contributed by atoms with Crippen LogP contribution in [0.15, 0.2) is 0 Å². The van der Waals surface area contributed by atoms with Crippen LogP contribution in [0.5, 0.6) is 0 Å². The highest BCUT2D eigenvalue weighted by atomic mass is 16.5. The fourth-order valence-corrected chi connectivity index (χ4v) is 3.25. The van der Waals surface area contributed by atoms with Crippen LogP contribution in [0.1, 0.15) is 52.9 Å². The first-order valence-corrected chi connectivity index (χ1v) is 8.74. The Balaban J connectivity index is 1.74. The highest BCUT2D eigenvalue weighted by molar-refractivity contribution is 5.96. The van der Waals surface area contributed by atoms with Crippen molar-refractivity contribution in [2.24, 2.45) is 5.92 Å². The number of amides is 4. The number of nitrogens with one attached hydrogen (secondary N) is 2. The predicted octanol–water partition coefficient (Wildman–Crippen LogP) is 0.945. The minimum absolute atomic E-state index is 0.0251. The normalized spacial score (nSPS) is 21.3. The number of esters is 1. The van der Waals surface area contributed by atoms with Crippen molar-refractivity contribution in [3.05, 3.63) is 0 Å². The molecule has 0 bridgehead atoms. The molecular formula is C17H27N3O5. The molecule has 0 radical (unpaired) electrons. The molecular weight excluding hydrogens is 326 g/mol. The predicted molar refractivity (Wildman–Crippen MR) is 89.5 cm³/mol. The number of carbonyl (C=O) groups is 4. The fraction of sp³-hybridized carbons (Fsp3) is 0.765. The van der Waals surface area contributed by atoms with Crippen LogP contribution in [0.2, 0.25) is 0 Å². The van der Waals surface area contributed by atoms with Crippen molar-refractivity contribution in [1.29, 1.82) is 0 Å². The summed E-state index contributed by atoms with van der Waals surface area (Å²) in [6, 6.07) is -0.410. The molecule has 8 nitrogen and oxygen atoms in total. The highest BCUT2D eigenvalue weighted by Gasteiger charge is 2.39. The molecule has 1 aliphatic heterocycles. The lowest BCUT2D eigenvalue weighted by atomic mass is 10.1. The van der Waals surface area contributed by atoms with Gasteiger partial charge in [-0.05, 0) is 33.6 Å². The maximum absolute atomic E-state index is 12.1. The van der Waals surface area contributed by atoms with Gasteiger partial charge < -0.3 is 15.0 Å². The van der Waals surface area contributed by atoms with E-state index in [9.17, 15) is 19.2 Å². The molecule has 1 saturated carbocycles. The average Bonchev–Trinajstić information content (AvgIpc) is 3.11. The van der Waals surface area contributed by atoms with Crippen LogP contribution in [-0.2, 0) is 19.1 Å². The van der Waals surface area contributed by atoms with E-state index < -0.39 is 36.0 Å². The van der Waals surface area contributed by atoms with Crippen LogP contribution in [0.4, 0.5) is 4.79 Å². The third-order valence-corrected chi connectivity index (χ3v) is 4.34. The Labute approximate surface area is 147 Å². The minimum Gasteiger partial charge on any atom is -0.455 e. The van der Waals surface area contributed by atoms with Gasteiger partial charge in [0.1, 0.15) is 0 Å². The van der Waals surface area contributed by atoms with Crippen LogP contribution in [0, 0.1) is 5.92 Å². The molecule has 0 aromatic heterocycles. The molecule has 2 rings (SSSR count). The van der Waals surface area contributed by atoms with Crippen LogP contribution < -0.4 is 10.6 Å². The van der Waals surface area contributed by atoms with Gasteiger partial charge in [0.2, 0.25) is 5.91 Å². The number of hydrogen-bond donors (Lipinski definition) is 2. The molecule has 2 fully saturated rings. The summed E-state index contributed by atoms with van der Waals surface area (Å²) < 4.78 is 4.97. The van der Waals surface area contributed by atoms with Gasteiger partial charge in [0, 0.05) is 24.5 Å². The number of likely N-dealkylation sites (tertiary alicyclic amines) is 1. The summed E-state index contributed by atoms with van der Waals surface area (Å²) in [4.78, 5) is 49.2. The van der Waals surface area contributed by atoms with Crippen molar-refractivity contribution < 1.29 is 23.9 Å². The van der Waals surface area contributed by atoms with E-state index in [-0.39, 0.29) is 18.4 Å². The first kappa shape index (κ1) is 19.2. The van der Waals surface area contributed by atoms with E-state index in [4.69, 9.17) is 4.74 Å². The van der Waals surface area contributed by atoms with Gasteiger partial charge in [-0.15, -0.1) is 0 Å². The second-order valence-corrected chi connectivity index (χ2v) is 7.75. The van der Waals surface area contributed by atoms with Crippen molar-refractivity contribution in [2.75, 3.05) is 13.2 Å². The van der Waals surface area contributed by atoms with E-state index in [2.05, 4.69) is 10.6 Å². The molecule has 0 aromatic rings. The Morgan fingerprint density at radius 1 is 1.20 bits per heavy atom. The monoisotopic (exact) mass is 353 g/mol. The number of nitrogens with zero attached hydrogens (tertiary/aromatic N) is 1. The van der Waals surface area contributed by atoms with Gasteiger partial charge in [-0.3, -0.25) is 19.7 Å². The highest BCUT2D eigenvalue weighted by Crippen LogP contribution is 2.29. The van der Waals surface area contributed by atoms with Crippen molar-refractivity contribution in [3.63, 3.8) is 0 Å². The molecule has 4 amide bonds. The number of imide groups is 1. The summed E-state index contributed by atoms with van der Waals surface area (Å²) >= 11 is 0. The van der Waals surface area contributed by atoms with Gasteiger partial charge in [0.15, 0.2) is 6.61 Å². The third kappa shape index (κ3) is 5.72. The molecule has 0 unspecified atom stereocenters.